The zero-order valence-electron chi connectivity index (χ0n) is 18.3. The number of hydrogen-bond donors (Lipinski definition) is 1. The molecule has 1 saturated heterocycles. The Morgan fingerprint density at radius 3 is 2.58 bits per heavy atom. The van der Waals surface area contributed by atoms with E-state index in [1.165, 1.54) is 5.56 Å². The SMILES string of the molecule is CCOc1cc(CNCCCN2CCCC2=O)cc(Br)c1OCc1ccc(C)cc1.Cl. The zero-order chi connectivity index (χ0) is 21.3. The van der Waals surface area contributed by atoms with Gasteiger partial charge in [-0.2, -0.15) is 0 Å². The van der Waals surface area contributed by atoms with Crippen LogP contribution in [-0.4, -0.2) is 37.0 Å². The molecule has 1 heterocycles. The number of ether oxygens (including phenoxy) is 2. The summed E-state index contributed by atoms with van der Waals surface area (Å²) in [6.07, 6.45) is 2.67. The minimum Gasteiger partial charge on any atom is -0.490 e. The van der Waals surface area contributed by atoms with Crippen molar-refractivity contribution in [3.63, 3.8) is 0 Å². The quantitative estimate of drug-likeness (QED) is 0.418. The first-order valence-corrected chi connectivity index (χ1v) is 11.5. The van der Waals surface area contributed by atoms with Crippen molar-refractivity contribution in [1.82, 2.24) is 10.2 Å². The molecule has 170 valence electrons. The lowest BCUT2D eigenvalue weighted by Crippen LogP contribution is -2.28. The highest BCUT2D eigenvalue weighted by molar-refractivity contribution is 9.10. The Labute approximate surface area is 200 Å². The summed E-state index contributed by atoms with van der Waals surface area (Å²) >= 11 is 3.65. The molecule has 3 rings (SSSR count). The number of halogens is 2. The largest absolute Gasteiger partial charge is 0.490 e. The van der Waals surface area contributed by atoms with Crippen LogP contribution in [0.2, 0.25) is 0 Å². The molecule has 0 spiro atoms. The summed E-state index contributed by atoms with van der Waals surface area (Å²) in [4.78, 5) is 13.6. The van der Waals surface area contributed by atoms with Crippen molar-refractivity contribution in [2.45, 2.75) is 46.3 Å². The molecule has 0 atom stereocenters. The van der Waals surface area contributed by atoms with Crippen LogP contribution in [0.4, 0.5) is 0 Å². The molecule has 0 unspecified atom stereocenters. The maximum atomic E-state index is 11.7. The molecule has 0 saturated carbocycles. The van der Waals surface area contributed by atoms with E-state index in [4.69, 9.17) is 9.47 Å². The fourth-order valence-corrected chi connectivity index (χ4v) is 4.14. The van der Waals surface area contributed by atoms with Gasteiger partial charge in [-0.3, -0.25) is 4.79 Å². The summed E-state index contributed by atoms with van der Waals surface area (Å²) < 4.78 is 12.8. The summed E-state index contributed by atoms with van der Waals surface area (Å²) in [5, 5.41) is 3.46. The van der Waals surface area contributed by atoms with Crippen molar-refractivity contribution < 1.29 is 14.3 Å². The van der Waals surface area contributed by atoms with Crippen LogP contribution in [0.5, 0.6) is 11.5 Å². The maximum absolute atomic E-state index is 11.7. The van der Waals surface area contributed by atoms with Crippen molar-refractivity contribution in [3.8, 4) is 11.5 Å². The third-order valence-electron chi connectivity index (χ3n) is 5.16. The Morgan fingerprint density at radius 2 is 1.90 bits per heavy atom. The van der Waals surface area contributed by atoms with Gasteiger partial charge in [-0.05, 0) is 72.4 Å². The van der Waals surface area contributed by atoms with Crippen LogP contribution in [0.25, 0.3) is 0 Å². The third-order valence-corrected chi connectivity index (χ3v) is 5.74. The summed E-state index contributed by atoms with van der Waals surface area (Å²) in [5.74, 6) is 1.77. The Morgan fingerprint density at radius 1 is 1.13 bits per heavy atom. The molecule has 1 fully saturated rings. The van der Waals surface area contributed by atoms with Gasteiger partial charge in [0.05, 0.1) is 11.1 Å². The van der Waals surface area contributed by atoms with E-state index in [-0.39, 0.29) is 12.4 Å². The smallest absolute Gasteiger partial charge is 0.222 e. The van der Waals surface area contributed by atoms with Gasteiger partial charge in [0.2, 0.25) is 5.91 Å². The van der Waals surface area contributed by atoms with Crippen LogP contribution in [-0.2, 0) is 17.9 Å². The standard InChI is InChI=1S/C24H31BrN2O3.ClH/c1-3-29-22-15-20(16-26-11-5-13-27-12-4-6-23(27)28)14-21(25)24(22)30-17-19-9-7-18(2)8-10-19;/h7-10,14-15,26H,3-6,11-13,16-17H2,1-2H3;1H. The lowest BCUT2D eigenvalue weighted by atomic mass is 10.1. The molecule has 2 aromatic rings. The van der Waals surface area contributed by atoms with Gasteiger partial charge in [-0.15, -0.1) is 12.4 Å². The van der Waals surface area contributed by atoms with E-state index in [0.717, 1.165) is 66.1 Å². The molecule has 0 aliphatic carbocycles. The number of nitrogens with zero attached hydrogens (tertiary/aromatic N) is 1. The van der Waals surface area contributed by atoms with Crippen molar-refractivity contribution >= 4 is 34.2 Å². The summed E-state index contributed by atoms with van der Waals surface area (Å²) in [6, 6.07) is 12.5. The highest BCUT2D eigenvalue weighted by atomic mass is 79.9. The van der Waals surface area contributed by atoms with Crippen LogP contribution >= 0.6 is 28.3 Å². The molecule has 1 N–H and O–H groups in total. The number of rotatable bonds is 11. The van der Waals surface area contributed by atoms with Crippen molar-refractivity contribution in [2.24, 2.45) is 0 Å². The molecule has 7 heteroatoms. The fraction of sp³-hybridized carbons (Fsp3) is 0.458. The number of aryl methyl sites for hydroxylation is 1. The van der Waals surface area contributed by atoms with Gasteiger partial charge < -0.3 is 19.7 Å². The summed E-state index contributed by atoms with van der Waals surface area (Å²) in [6.45, 7) is 8.48. The van der Waals surface area contributed by atoms with Crippen LogP contribution in [0, 0.1) is 6.92 Å². The second kappa shape index (κ2) is 12.9. The Bertz CT molecular complexity index is 845. The number of carbonyl (C=O) groups is 1. The first-order valence-electron chi connectivity index (χ1n) is 10.7. The van der Waals surface area contributed by atoms with Crippen LogP contribution in [0.1, 0.15) is 42.9 Å². The highest BCUT2D eigenvalue weighted by Gasteiger charge is 2.19. The van der Waals surface area contributed by atoms with Crippen LogP contribution < -0.4 is 14.8 Å². The number of amides is 1. The lowest BCUT2D eigenvalue weighted by molar-refractivity contribution is -0.127. The highest BCUT2D eigenvalue weighted by Crippen LogP contribution is 2.37. The molecule has 31 heavy (non-hydrogen) atoms. The Balaban J connectivity index is 0.00000341. The van der Waals surface area contributed by atoms with Crippen molar-refractivity contribution in [3.05, 3.63) is 57.6 Å². The van der Waals surface area contributed by atoms with E-state index < -0.39 is 0 Å². The molecule has 0 aromatic heterocycles. The van der Waals surface area contributed by atoms with E-state index in [0.29, 0.717) is 25.5 Å². The van der Waals surface area contributed by atoms with Crippen molar-refractivity contribution in [1.29, 1.82) is 0 Å². The van der Waals surface area contributed by atoms with Gasteiger partial charge >= 0.3 is 0 Å². The molecule has 1 aliphatic heterocycles. The number of likely N-dealkylation sites (tertiary alicyclic amines) is 1. The van der Waals surface area contributed by atoms with Gasteiger partial charge in [0.1, 0.15) is 6.61 Å². The van der Waals surface area contributed by atoms with Gasteiger partial charge in [0, 0.05) is 26.1 Å². The first-order chi connectivity index (χ1) is 14.6. The van der Waals surface area contributed by atoms with Crippen molar-refractivity contribution in [2.75, 3.05) is 26.2 Å². The normalized spacial score (nSPS) is 13.3. The van der Waals surface area contributed by atoms with Crippen LogP contribution in [0.3, 0.4) is 0 Å². The summed E-state index contributed by atoms with van der Waals surface area (Å²) in [7, 11) is 0. The second-order valence-corrected chi connectivity index (χ2v) is 8.48. The lowest BCUT2D eigenvalue weighted by Gasteiger charge is -2.17. The molecule has 2 aromatic carbocycles. The molecule has 0 radical (unpaired) electrons. The molecule has 1 aliphatic rings. The van der Waals surface area contributed by atoms with E-state index in [1.807, 2.05) is 17.9 Å². The third kappa shape index (κ3) is 7.70. The average molecular weight is 512 g/mol. The van der Waals surface area contributed by atoms with E-state index in [9.17, 15) is 4.79 Å². The molecule has 5 nitrogen and oxygen atoms in total. The van der Waals surface area contributed by atoms with E-state index >= 15 is 0 Å². The first kappa shape index (κ1) is 25.5. The van der Waals surface area contributed by atoms with Gasteiger partial charge in [-0.25, -0.2) is 0 Å². The van der Waals surface area contributed by atoms with E-state index in [1.54, 1.807) is 0 Å². The molecule has 1 amide bonds. The molecular formula is C24H32BrClN2O3. The Kier molecular flexibility index (Phi) is 10.6. The number of carbonyl (C=O) groups excluding carboxylic acids is 1. The van der Waals surface area contributed by atoms with E-state index in [2.05, 4.69) is 58.5 Å². The number of benzene rings is 2. The fourth-order valence-electron chi connectivity index (χ4n) is 3.53. The predicted octanol–water partition coefficient (Wildman–Crippen LogP) is 5.26. The minimum absolute atomic E-state index is 0. The average Bonchev–Trinajstić information content (AvgIpc) is 3.13. The van der Waals surface area contributed by atoms with Gasteiger partial charge in [0.25, 0.3) is 0 Å². The molecular weight excluding hydrogens is 480 g/mol. The van der Waals surface area contributed by atoms with Gasteiger partial charge in [0.15, 0.2) is 11.5 Å². The minimum atomic E-state index is 0. The maximum Gasteiger partial charge on any atom is 0.222 e. The summed E-state index contributed by atoms with van der Waals surface area (Å²) in [5.41, 5.74) is 3.49. The predicted molar refractivity (Wildman–Crippen MR) is 130 cm³/mol. The van der Waals surface area contributed by atoms with Crippen LogP contribution in [0.15, 0.2) is 40.9 Å². The van der Waals surface area contributed by atoms with Gasteiger partial charge in [-0.1, -0.05) is 29.8 Å². The Hall–Kier alpha value is -1.76. The zero-order valence-corrected chi connectivity index (χ0v) is 20.7. The molecule has 0 bridgehead atoms. The topological polar surface area (TPSA) is 50.8 Å². The monoisotopic (exact) mass is 510 g/mol. The second-order valence-electron chi connectivity index (χ2n) is 7.63. The number of hydrogen-bond acceptors (Lipinski definition) is 4. The number of nitrogens with one attached hydrogen (secondary N) is 1.